The zero-order valence-corrected chi connectivity index (χ0v) is 18.9. The normalized spacial score (nSPS) is 17.4. The number of benzene rings is 2. The van der Waals surface area contributed by atoms with Gasteiger partial charge in [-0.15, -0.1) is 0 Å². The van der Waals surface area contributed by atoms with Gasteiger partial charge in [-0.3, -0.25) is 14.7 Å². The van der Waals surface area contributed by atoms with Crippen LogP contribution in [0.1, 0.15) is 41.6 Å². The number of rotatable bonds is 4. The van der Waals surface area contributed by atoms with E-state index in [9.17, 15) is 4.79 Å². The molecule has 0 atom stereocenters. The number of carbonyl (C=O) groups excluding carboxylic acids is 1. The quantitative estimate of drug-likeness (QED) is 0.558. The maximum absolute atomic E-state index is 13.6. The van der Waals surface area contributed by atoms with Crippen LogP contribution in [0.5, 0.6) is 11.5 Å². The largest absolute Gasteiger partial charge is 0.493 e. The molecule has 1 amide bonds. The summed E-state index contributed by atoms with van der Waals surface area (Å²) >= 11 is 18.2. The van der Waals surface area contributed by atoms with E-state index in [4.69, 9.17) is 49.9 Å². The molecule has 4 rings (SSSR count). The Morgan fingerprint density at radius 1 is 1.07 bits per heavy atom. The molecule has 1 saturated carbocycles. The van der Waals surface area contributed by atoms with E-state index >= 15 is 0 Å². The van der Waals surface area contributed by atoms with Gasteiger partial charge in [0.15, 0.2) is 11.5 Å². The second-order valence-corrected chi connectivity index (χ2v) is 8.52. The molecule has 8 heteroatoms. The Morgan fingerprint density at radius 3 is 2.40 bits per heavy atom. The van der Waals surface area contributed by atoms with Crippen LogP contribution >= 0.6 is 35.4 Å². The Kier molecular flexibility index (Phi) is 5.75. The van der Waals surface area contributed by atoms with Crippen molar-refractivity contribution in [2.45, 2.75) is 31.3 Å². The number of halogens is 2. The molecule has 5 nitrogen and oxygen atoms in total. The van der Waals surface area contributed by atoms with Crippen LogP contribution < -0.4 is 9.47 Å². The molecule has 1 heterocycles. The molecule has 156 valence electrons. The van der Waals surface area contributed by atoms with Crippen LogP contribution in [0.15, 0.2) is 41.4 Å². The van der Waals surface area contributed by atoms with Gasteiger partial charge in [0.05, 0.1) is 19.2 Å². The van der Waals surface area contributed by atoms with Crippen LogP contribution in [0.25, 0.3) is 0 Å². The van der Waals surface area contributed by atoms with Crippen molar-refractivity contribution < 1.29 is 14.3 Å². The lowest BCUT2D eigenvalue weighted by atomic mass is 10.1. The number of ether oxygens (including phenoxy) is 2. The van der Waals surface area contributed by atoms with Gasteiger partial charge < -0.3 is 9.47 Å². The maximum atomic E-state index is 13.6. The molecule has 1 fully saturated rings. The minimum absolute atomic E-state index is 0.216. The van der Waals surface area contributed by atoms with E-state index in [-0.39, 0.29) is 5.91 Å². The third-order valence-corrected chi connectivity index (χ3v) is 6.49. The van der Waals surface area contributed by atoms with E-state index < -0.39 is 5.66 Å². The molecule has 1 spiro atoms. The Morgan fingerprint density at radius 2 is 1.77 bits per heavy atom. The molecule has 2 aromatic carbocycles. The molecule has 2 aromatic rings. The molecule has 0 radical (unpaired) electrons. The molecule has 2 aliphatic rings. The lowest BCUT2D eigenvalue weighted by Gasteiger charge is -2.32. The number of methoxy groups -OCH3 is 2. The van der Waals surface area contributed by atoms with Gasteiger partial charge in [-0.2, -0.15) is 0 Å². The fourth-order valence-electron chi connectivity index (χ4n) is 4.11. The number of nitrogens with zero attached hydrogens (tertiary/aromatic N) is 2. The smallest absolute Gasteiger partial charge is 0.261 e. The monoisotopic (exact) mass is 462 g/mol. The highest BCUT2D eigenvalue weighted by Crippen LogP contribution is 2.43. The van der Waals surface area contributed by atoms with Crippen molar-refractivity contribution in [1.82, 2.24) is 4.90 Å². The van der Waals surface area contributed by atoms with E-state index in [0.29, 0.717) is 43.4 Å². The fourth-order valence-corrected chi connectivity index (χ4v) is 5.02. The van der Waals surface area contributed by atoms with Crippen LogP contribution in [0, 0.1) is 0 Å². The van der Waals surface area contributed by atoms with Crippen LogP contribution in [0.2, 0.25) is 10.0 Å². The number of aliphatic imine (C=N–C) groups is 1. The van der Waals surface area contributed by atoms with Crippen molar-refractivity contribution in [2.24, 2.45) is 4.99 Å². The van der Waals surface area contributed by atoms with E-state index in [2.05, 4.69) is 0 Å². The molecule has 0 bridgehead atoms. The molecule has 0 unspecified atom stereocenters. The number of hydrogen-bond acceptors (Lipinski definition) is 5. The number of amides is 1. The van der Waals surface area contributed by atoms with E-state index in [1.807, 2.05) is 0 Å². The van der Waals surface area contributed by atoms with Gasteiger partial charge >= 0.3 is 0 Å². The van der Waals surface area contributed by atoms with Crippen LogP contribution in [0.3, 0.4) is 0 Å². The molecule has 0 saturated heterocycles. The summed E-state index contributed by atoms with van der Waals surface area (Å²) in [5, 5.41) is 0.985. The fraction of sp³-hybridized carbons (Fsp3) is 0.318. The van der Waals surface area contributed by atoms with Gasteiger partial charge in [0.25, 0.3) is 5.91 Å². The second-order valence-electron chi connectivity index (χ2n) is 7.29. The zero-order valence-electron chi connectivity index (χ0n) is 16.6. The average Bonchev–Trinajstić information content (AvgIpc) is 3.31. The highest BCUT2D eigenvalue weighted by Gasteiger charge is 2.50. The molecule has 0 aromatic heterocycles. The predicted molar refractivity (Wildman–Crippen MR) is 123 cm³/mol. The standard InChI is InChI=1S/C22H20Cl2N2O3S/c1-28-17-8-5-13(11-18(17)29-2)20(27)26-21(30)19(25-22(26)9-3-4-10-22)15-7-6-14(23)12-16(15)24/h5-8,11-12H,3-4,9-10H2,1-2H3. The molecular formula is C22H20Cl2N2O3S. The molecule has 1 aliphatic carbocycles. The molecule has 1 aliphatic heterocycles. The topological polar surface area (TPSA) is 51.1 Å². The summed E-state index contributed by atoms with van der Waals surface area (Å²) in [6.45, 7) is 0. The van der Waals surface area contributed by atoms with Gasteiger partial charge in [0.1, 0.15) is 16.4 Å². The third kappa shape index (κ3) is 3.47. The van der Waals surface area contributed by atoms with Gasteiger partial charge in [-0.25, -0.2) is 0 Å². The van der Waals surface area contributed by atoms with Gasteiger partial charge in [-0.1, -0.05) is 35.4 Å². The Hall–Kier alpha value is -2.15. The van der Waals surface area contributed by atoms with E-state index in [0.717, 1.165) is 25.7 Å². The lowest BCUT2D eigenvalue weighted by Crippen LogP contribution is -2.48. The second kappa shape index (κ2) is 8.17. The molecule has 30 heavy (non-hydrogen) atoms. The summed E-state index contributed by atoms with van der Waals surface area (Å²) in [6.07, 6.45) is 3.45. The van der Waals surface area contributed by atoms with Gasteiger partial charge in [0.2, 0.25) is 0 Å². The average molecular weight is 463 g/mol. The first kappa shape index (κ1) is 21.1. The van der Waals surface area contributed by atoms with Crippen LogP contribution in [-0.4, -0.2) is 41.4 Å². The van der Waals surface area contributed by atoms with Crippen molar-refractivity contribution in [2.75, 3.05) is 14.2 Å². The van der Waals surface area contributed by atoms with Crippen LogP contribution in [-0.2, 0) is 0 Å². The highest BCUT2D eigenvalue weighted by atomic mass is 35.5. The third-order valence-electron chi connectivity index (χ3n) is 5.57. The summed E-state index contributed by atoms with van der Waals surface area (Å²) in [5.41, 5.74) is 1.02. The van der Waals surface area contributed by atoms with E-state index in [1.165, 1.54) is 7.11 Å². The summed E-state index contributed by atoms with van der Waals surface area (Å²) in [5.74, 6) is 0.820. The van der Waals surface area contributed by atoms with Crippen molar-refractivity contribution in [3.8, 4) is 11.5 Å². The zero-order chi connectivity index (χ0) is 21.5. The Balaban J connectivity index is 1.76. The lowest BCUT2D eigenvalue weighted by molar-refractivity contribution is 0.0724. The molecular weight excluding hydrogens is 443 g/mol. The van der Waals surface area contributed by atoms with Crippen LogP contribution in [0.4, 0.5) is 0 Å². The minimum atomic E-state index is -0.681. The highest BCUT2D eigenvalue weighted by molar-refractivity contribution is 7.82. The molecule has 0 N–H and O–H groups in total. The van der Waals surface area contributed by atoms with E-state index in [1.54, 1.807) is 48.4 Å². The van der Waals surface area contributed by atoms with Crippen molar-refractivity contribution >= 4 is 52.0 Å². The number of thiocarbonyl (C=S) groups is 1. The van der Waals surface area contributed by atoms with Gasteiger partial charge in [-0.05, 0) is 62.1 Å². The van der Waals surface area contributed by atoms with Gasteiger partial charge in [0, 0.05) is 16.1 Å². The van der Waals surface area contributed by atoms with Crippen molar-refractivity contribution in [3.63, 3.8) is 0 Å². The number of carbonyl (C=O) groups is 1. The first-order chi connectivity index (χ1) is 14.4. The minimum Gasteiger partial charge on any atom is -0.493 e. The van der Waals surface area contributed by atoms with Crippen molar-refractivity contribution in [3.05, 3.63) is 57.6 Å². The summed E-state index contributed by atoms with van der Waals surface area (Å²) in [6, 6.07) is 10.3. The summed E-state index contributed by atoms with van der Waals surface area (Å²) in [7, 11) is 3.09. The predicted octanol–water partition coefficient (Wildman–Crippen LogP) is 5.55. The summed E-state index contributed by atoms with van der Waals surface area (Å²) in [4.78, 5) is 20.6. The first-order valence-corrected chi connectivity index (χ1v) is 10.7. The Labute approximate surface area is 190 Å². The first-order valence-electron chi connectivity index (χ1n) is 9.56. The summed E-state index contributed by atoms with van der Waals surface area (Å²) < 4.78 is 10.6. The van der Waals surface area contributed by atoms with Crippen molar-refractivity contribution in [1.29, 1.82) is 0 Å². The Bertz CT molecular complexity index is 1060. The number of hydrogen-bond donors (Lipinski definition) is 0. The maximum Gasteiger partial charge on any atom is 0.261 e. The SMILES string of the molecule is COc1ccc(C(=O)N2C(=S)C(c3ccc(Cl)cc3Cl)=NC23CCCC3)cc1OC.